The van der Waals surface area contributed by atoms with Gasteiger partial charge in [-0.3, -0.25) is 4.79 Å². The molecular formula is C13H16Cl2O2. The largest absolute Gasteiger partial charge is 0.494 e. The number of ether oxygens (including phenoxy) is 1. The second kappa shape index (κ2) is 7.57. The maximum Gasteiger partial charge on any atom is 0.195 e. The normalized spacial score (nSPS) is 10.6. The molecule has 4 heteroatoms. The van der Waals surface area contributed by atoms with Crippen molar-refractivity contribution in [2.24, 2.45) is 0 Å². The van der Waals surface area contributed by atoms with Gasteiger partial charge in [0.25, 0.3) is 0 Å². The van der Waals surface area contributed by atoms with Gasteiger partial charge in [-0.05, 0) is 30.7 Å². The maximum atomic E-state index is 11.5. The van der Waals surface area contributed by atoms with E-state index in [1.54, 1.807) is 24.3 Å². The highest BCUT2D eigenvalue weighted by atomic mass is 35.5. The van der Waals surface area contributed by atoms with Crippen molar-refractivity contribution in [1.82, 2.24) is 0 Å². The molecule has 2 nitrogen and oxygen atoms in total. The second-order valence-electron chi connectivity index (χ2n) is 3.74. The molecule has 1 rings (SSSR count). The lowest BCUT2D eigenvalue weighted by atomic mass is 10.1. The monoisotopic (exact) mass is 274 g/mol. The average Bonchev–Trinajstić information content (AvgIpc) is 2.34. The molecule has 0 radical (unpaired) electrons. The van der Waals surface area contributed by atoms with Gasteiger partial charge in [-0.15, -0.1) is 0 Å². The van der Waals surface area contributed by atoms with E-state index in [0.29, 0.717) is 12.2 Å². The van der Waals surface area contributed by atoms with Crippen molar-refractivity contribution in [1.29, 1.82) is 0 Å². The highest BCUT2D eigenvalue weighted by Gasteiger charge is 2.13. The Morgan fingerprint density at radius 2 is 1.88 bits per heavy atom. The van der Waals surface area contributed by atoms with Crippen LogP contribution in [0.1, 0.15) is 36.5 Å². The van der Waals surface area contributed by atoms with Crippen molar-refractivity contribution in [2.75, 3.05) is 6.61 Å². The Labute approximate surface area is 112 Å². The highest BCUT2D eigenvalue weighted by Crippen LogP contribution is 2.16. The van der Waals surface area contributed by atoms with Crippen molar-refractivity contribution in [3.05, 3.63) is 29.8 Å². The Kier molecular flexibility index (Phi) is 6.38. The Hall–Kier alpha value is -0.730. The summed E-state index contributed by atoms with van der Waals surface area (Å²) >= 11 is 11.0. The predicted molar refractivity (Wildman–Crippen MR) is 71.3 cm³/mol. The summed E-state index contributed by atoms with van der Waals surface area (Å²) in [5, 5.41) is 0. The van der Waals surface area contributed by atoms with Crippen LogP contribution >= 0.6 is 23.2 Å². The lowest BCUT2D eigenvalue weighted by Gasteiger charge is -2.06. The van der Waals surface area contributed by atoms with E-state index in [2.05, 4.69) is 6.92 Å². The van der Waals surface area contributed by atoms with Crippen molar-refractivity contribution >= 4 is 29.0 Å². The van der Waals surface area contributed by atoms with E-state index in [1.165, 1.54) is 6.42 Å². The van der Waals surface area contributed by atoms with Gasteiger partial charge in [-0.25, -0.2) is 0 Å². The molecule has 0 unspecified atom stereocenters. The first-order valence-electron chi connectivity index (χ1n) is 5.70. The summed E-state index contributed by atoms with van der Waals surface area (Å²) in [5.74, 6) is 0.476. The maximum absolute atomic E-state index is 11.5. The Balaban J connectivity index is 2.47. The van der Waals surface area contributed by atoms with Crippen molar-refractivity contribution in [3.63, 3.8) is 0 Å². The summed E-state index contributed by atoms with van der Waals surface area (Å²) in [6.07, 6.45) is 3.38. The van der Waals surface area contributed by atoms with Crippen LogP contribution in [0.25, 0.3) is 0 Å². The minimum absolute atomic E-state index is 0.286. The van der Waals surface area contributed by atoms with Gasteiger partial charge in [0, 0.05) is 5.56 Å². The van der Waals surface area contributed by atoms with E-state index >= 15 is 0 Å². The van der Waals surface area contributed by atoms with Crippen LogP contribution in [0.4, 0.5) is 0 Å². The number of halogens is 2. The van der Waals surface area contributed by atoms with E-state index < -0.39 is 4.84 Å². The van der Waals surface area contributed by atoms with Gasteiger partial charge in [0.1, 0.15) is 5.75 Å². The zero-order valence-electron chi connectivity index (χ0n) is 9.79. The first-order valence-corrected chi connectivity index (χ1v) is 6.57. The molecule has 0 N–H and O–H groups in total. The molecule has 0 aliphatic heterocycles. The number of alkyl halides is 2. The number of ketones is 1. The van der Waals surface area contributed by atoms with Gasteiger partial charge in [0.2, 0.25) is 0 Å². The van der Waals surface area contributed by atoms with Gasteiger partial charge in [0.05, 0.1) is 6.61 Å². The molecule has 1 aromatic rings. The fourth-order valence-corrected chi connectivity index (χ4v) is 1.64. The predicted octanol–water partition coefficient (Wildman–Crippen LogP) is 4.24. The minimum Gasteiger partial charge on any atom is -0.494 e. The lowest BCUT2D eigenvalue weighted by Crippen LogP contribution is -2.07. The van der Waals surface area contributed by atoms with Crippen molar-refractivity contribution in [3.8, 4) is 5.75 Å². The molecule has 17 heavy (non-hydrogen) atoms. The van der Waals surface area contributed by atoms with Crippen LogP contribution in [-0.4, -0.2) is 17.2 Å². The third-order valence-electron chi connectivity index (χ3n) is 2.35. The Morgan fingerprint density at radius 1 is 1.24 bits per heavy atom. The second-order valence-corrected chi connectivity index (χ2v) is 4.84. The summed E-state index contributed by atoms with van der Waals surface area (Å²) < 4.78 is 5.53. The first-order chi connectivity index (χ1) is 8.15. The van der Waals surface area contributed by atoms with E-state index in [1.807, 2.05) is 0 Å². The van der Waals surface area contributed by atoms with Crippen LogP contribution in [0.2, 0.25) is 0 Å². The molecule has 94 valence electrons. The standard InChI is InChI=1S/C13H16Cl2O2/c1-2-3-4-9-17-11-7-5-10(6-8-11)12(16)13(14)15/h5-8,13H,2-4,9H2,1H3. The van der Waals surface area contributed by atoms with Crippen LogP contribution in [0.15, 0.2) is 24.3 Å². The summed E-state index contributed by atoms with van der Waals surface area (Å²) in [6.45, 7) is 2.85. The number of Topliss-reactive ketones (excluding diaryl/α,β-unsaturated/α-hetero) is 1. The average molecular weight is 275 g/mol. The third kappa shape index (κ3) is 4.97. The van der Waals surface area contributed by atoms with Crippen LogP contribution in [0, 0.1) is 0 Å². The summed E-state index contributed by atoms with van der Waals surface area (Å²) in [5.41, 5.74) is 0.501. The van der Waals surface area contributed by atoms with Crippen molar-refractivity contribution in [2.45, 2.75) is 31.0 Å². The molecule has 0 aromatic heterocycles. The van der Waals surface area contributed by atoms with Gasteiger partial charge in [-0.2, -0.15) is 0 Å². The van der Waals surface area contributed by atoms with E-state index in [-0.39, 0.29) is 5.78 Å². The number of hydrogen-bond donors (Lipinski definition) is 0. The molecule has 0 atom stereocenters. The molecule has 0 saturated heterocycles. The van der Waals surface area contributed by atoms with E-state index in [0.717, 1.165) is 18.6 Å². The first kappa shape index (κ1) is 14.3. The van der Waals surface area contributed by atoms with E-state index in [4.69, 9.17) is 27.9 Å². The van der Waals surface area contributed by atoms with Crippen LogP contribution in [0.5, 0.6) is 5.75 Å². The van der Waals surface area contributed by atoms with Crippen LogP contribution < -0.4 is 4.74 Å². The topological polar surface area (TPSA) is 26.3 Å². The zero-order valence-corrected chi connectivity index (χ0v) is 11.3. The molecule has 0 aliphatic carbocycles. The van der Waals surface area contributed by atoms with Gasteiger partial charge in [-0.1, -0.05) is 43.0 Å². The van der Waals surface area contributed by atoms with Crippen LogP contribution in [0.3, 0.4) is 0 Å². The van der Waals surface area contributed by atoms with Gasteiger partial charge < -0.3 is 4.74 Å². The molecule has 0 bridgehead atoms. The molecule has 0 spiro atoms. The molecule has 0 saturated carbocycles. The van der Waals surface area contributed by atoms with E-state index in [9.17, 15) is 4.79 Å². The van der Waals surface area contributed by atoms with Gasteiger partial charge in [0.15, 0.2) is 10.6 Å². The summed E-state index contributed by atoms with van der Waals surface area (Å²) in [6, 6.07) is 6.87. The lowest BCUT2D eigenvalue weighted by molar-refractivity contribution is 0.101. The minimum atomic E-state index is -1.01. The number of carbonyl (C=O) groups excluding carboxylic acids is 1. The fraction of sp³-hybridized carbons (Fsp3) is 0.462. The molecule has 1 aromatic carbocycles. The number of unbranched alkanes of at least 4 members (excludes halogenated alkanes) is 2. The third-order valence-corrected chi connectivity index (χ3v) is 2.75. The summed E-state index contributed by atoms with van der Waals surface area (Å²) in [4.78, 5) is 10.4. The molecule has 0 heterocycles. The number of benzene rings is 1. The molecular weight excluding hydrogens is 259 g/mol. The molecule has 0 aliphatic rings. The van der Waals surface area contributed by atoms with Crippen molar-refractivity contribution < 1.29 is 9.53 Å². The summed E-state index contributed by atoms with van der Waals surface area (Å²) in [7, 11) is 0. The number of rotatable bonds is 7. The fourth-order valence-electron chi connectivity index (χ4n) is 1.38. The quantitative estimate of drug-likeness (QED) is 0.422. The Morgan fingerprint density at radius 3 is 2.41 bits per heavy atom. The molecule has 0 fully saturated rings. The zero-order chi connectivity index (χ0) is 12.7. The molecule has 0 amide bonds. The SMILES string of the molecule is CCCCCOc1ccc(C(=O)C(Cl)Cl)cc1. The highest BCUT2D eigenvalue weighted by molar-refractivity contribution is 6.55. The Bertz CT molecular complexity index is 347. The van der Waals surface area contributed by atoms with Crippen LogP contribution in [-0.2, 0) is 0 Å². The smallest absolute Gasteiger partial charge is 0.195 e. The number of hydrogen-bond acceptors (Lipinski definition) is 2. The number of carbonyl (C=O) groups is 1. The van der Waals surface area contributed by atoms with Gasteiger partial charge >= 0.3 is 0 Å².